The van der Waals surface area contributed by atoms with Crippen LogP contribution in [0.2, 0.25) is 18.1 Å². The van der Waals surface area contributed by atoms with Crippen molar-refractivity contribution < 1.29 is 9.16 Å². The number of allylic oxidation sites excluding steroid dienone is 2. The van der Waals surface area contributed by atoms with Crippen molar-refractivity contribution in [2.45, 2.75) is 45.8 Å². The molecule has 0 N–H and O–H groups in total. The van der Waals surface area contributed by atoms with Crippen LogP contribution in [0, 0.1) is 0 Å². The van der Waals surface area contributed by atoms with Crippen LogP contribution in [0.25, 0.3) is 0 Å². The molecule has 0 aliphatic carbocycles. The minimum atomic E-state index is -1.80. The van der Waals surface area contributed by atoms with Crippen molar-refractivity contribution in [3.63, 3.8) is 0 Å². The molecular formula is C12H24O2Si. The molecule has 0 amide bonds. The molecule has 15 heavy (non-hydrogen) atoms. The molecule has 0 aliphatic heterocycles. The Morgan fingerprint density at radius 3 is 2.00 bits per heavy atom. The van der Waals surface area contributed by atoms with Gasteiger partial charge in [-0.1, -0.05) is 33.4 Å². The molecule has 2 nitrogen and oxygen atoms in total. The molecule has 3 heteroatoms. The zero-order valence-corrected chi connectivity index (χ0v) is 12.1. The van der Waals surface area contributed by atoms with Crippen LogP contribution in [-0.2, 0) is 9.16 Å². The normalized spacial score (nSPS) is 14.3. The maximum atomic E-state index is 6.03. The second-order valence-electron chi connectivity index (χ2n) is 5.24. The average molecular weight is 228 g/mol. The first-order chi connectivity index (χ1) is 6.65. The Hall–Kier alpha value is -0.703. The van der Waals surface area contributed by atoms with E-state index >= 15 is 0 Å². The second kappa shape index (κ2) is 4.88. The van der Waals surface area contributed by atoms with Crippen LogP contribution in [0.3, 0.4) is 0 Å². The lowest BCUT2D eigenvalue weighted by molar-refractivity contribution is 0.137. The molecule has 0 heterocycles. The lowest BCUT2D eigenvalue weighted by Gasteiger charge is -2.36. The first kappa shape index (κ1) is 14.3. The van der Waals surface area contributed by atoms with E-state index in [1.807, 2.05) is 6.92 Å². The van der Waals surface area contributed by atoms with Crippen LogP contribution in [0.1, 0.15) is 27.7 Å². The maximum absolute atomic E-state index is 6.03. The second-order valence-corrected chi connectivity index (χ2v) is 9.97. The summed E-state index contributed by atoms with van der Waals surface area (Å²) >= 11 is 0. The topological polar surface area (TPSA) is 18.5 Å². The van der Waals surface area contributed by atoms with Crippen molar-refractivity contribution in [3.05, 3.63) is 24.2 Å². The Kier molecular flexibility index (Phi) is 4.65. The van der Waals surface area contributed by atoms with Crippen LogP contribution in [0.4, 0.5) is 0 Å². The van der Waals surface area contributed by atoms with E-state index < -0.39 is 8.32 Å². The molecule has 0 aromatic heterocycles. The molecule has 0 aliphatic rings. The van der Waals surface area contributed by atoms with E-state index in [1.54, 1.807) is 13.2 Å². The summed E-state index contributed by atoms with van der Waals surface area (Å²) < 4.78 is 11.3. The fraction of sp³-hybridized carbons (Fsp3) is 0.667. The summed E-state index contributed by atoms with van der Waals surface area (Å²) in [7, 11) is -0.164. The molecular weight excluding hydrogens is 204 g/mol. The van der Waals surface area contributed by atoms with Gasteiger partial charge in [0.05, 0.1) is 7.11 Å². The van der Waals surface area contributed by atoms with Gasteiger partial charge in [-0.05, 0) is 25.1 Å². The van der Waals surface area contributed by atoms with Gasteiger partial charge in [0.25, 0.3) is 14.3 Å². The van der Waals surface area contributed by atoms with Crippen molar-refractivity contribution in [1.29, 1.82) is 0 Å². The molecule has 0 radical (unpaired) electrons. The number of hydrogen-bond acceptors (Lipinski definition) is 2. The number of ether oxygens (including phenoxy) is 1. The van der Waals surface area contributed by atoms with Gasteiger partial charge in [0.1, 0.15) is 0 Å². The highest BCUT2D eigenvalue weighted by atomic mass is 28.4. The fourth-order valence-electron chi connectivity index (χ4n) is 0.751. The van der Waals surface area contributed by atoms with E-state index in [0.717, 1.165) is 5.57 Å². The lowest BCUT2D eigenvalue weighted by Crippen LogP contribution is -2.40. The van der Waals surface area contributed by atoms with Gasteiger partial charge in [0.2, 0.25) is 0 Å². The largest absolute Gasteiger partial charge is 0.519 e. The summed E-state index contributed by atoms with van der Waals surface area (Å²) in [5.74, 6) is 0.608. The zero-order valence-electron chi connectivity index (χ0n) is 11.1. The van der Waals surface area contributed by atoms with Gasteiger partial charge in [0, 0.05) is 5.57 Å². The monoisotopic (exact) mass is 228 g/mol. The van der Waals surface area contributed by atoms with Crippen LogP contribution < -0.4 is 0 Å². The molecule has 88 valence electrons. The Labute approximate surface area is 95.1 Å². The third-order valence-electron chi connectivity index (χ3n) is 2.97. The van der Waals surface area contributed by atoms with Crippen molar-refractivity contribution in [2.75, 3.05) is 7.11 Å². The number of hydrogen-bond donors (Lipinski definition) is 0. The van der Waals surface area contributed by atoms with E-state index in [4.69, 9.17) is 9.16 Å². The summed E-state index contributed by atoms with van der Waals surface area (Å²) in [5.41, 5.74) is 0.947. The third kappa shape index (κ3) is 3.74. The Morgan fingerprint density at radius 1 is 1.27 bits per heavy atom. The van der Waals surface area contributed by atoms with Crippen molar-refractivity contribution in [3.8, 4) is 0 Å². The van der Waals surface area contributed by atoms with Crippen molar-refractivity contribution in [2.24, 2.45) is 0 Å². The van der Waals surface area contributed by atoms with Crippen LogP contribution in [0.15, 0.2) is 24.2 Å². The Bertz CT molecular complexity index is 259. The highest BCUT2D eigenvalue weighted by molar-refractivity contribution is 6.74. The number of methoxy groups -OCH3 is 1. The van der Waals surface area contributed by atoms with Gasteiger partial charge in [0.15, 0.2) is 0 Å². The predicted molar refractivity (Wildman–Crippen MR) is 68.2 cm³/mol. The zero-order chi connectivity index (χ0) is 12.3. The van der Waals surface area contributed by atoms with E-state index in [-0.39, 0.29) is 5.04 Å². The third-order valence-corrected chi connectivity index (χ3v) is 7.28. The van der Waals surface area contributed by atoms with E-state index in [2.05, 4.69) is 40.4 Å². The average Bonchev–Trinajstić information content (AvgIpc) is 2.11. The first-order valence-electron chi connectivity index (χ1n) is 5.22. The molecule has 0 fully saturated rings. The van der Waals surface area contributed by atoms with Gasteiger partial charge in [-0.2, -0.15) is 0 Å². The highest BCUT2D eigenvalue weighted by Crippen LogP contribution is 2.38. The molecule has 0 rings (SSSR count). The van der Waals surface area contributed by atoms with Crippen molar-refractivity contribution in [1.82, 2.24) is 0 Å². The summed E-state index contributed by atoms with van der Waals surface area (Å²) in [6.07, 6.45) is 1.76. The molecule has 0 spiro atoms. The summed E-state index contributed by atoms with van der Waals surface area (Å²) in [5, 5.41) is 0.179. The van der Waals surface area contributed by atoms with Crippen LogP contribution >= 0.6 is 0 Å². The standard InChI is InChI=1S/C12H24O2Si/c1-9-10(2)11(13-6)14-15(7,8)12(3,4)5/h9H,1H2,2-8H3/b11-10-. The summed E-state index contributed by atoms with van der Waals surface area (Å²) in [4.78, 5) is 0. The molecule has 0 aromatic carbocycles. The van der Waals surface area contributed by atoms with Gasteiger partial charge < -0.3 is 9.16 Å². The highest BCUT2D eigenvalue weighted by Gasteiger charge is 2.40. The van der Waals surface area contributed by atoms with E-state index in [1.165, 1.54) is 0 Å². The van der Waals surface area contributed by atoms with E-state index in [9.17, 15) is 0 Å². The molecule has 0 unspecified atom stereocenters. The Balaban J connectivity index is 4.93. The molecule has 0 atom stereocenters. The van der Waals surface area contributed by atoms with Gasteiger partial charge in [-0.25, -0.2) is 0 Å². The maximum Gasteiger partial charge on any atom is 0.268 e. The van der Waals surface area contributed by atoms with Crippen molar-refractivity contribution >= 4 is 8.32 Å². The summed E-state index contributed by atoms with van der Waals surface area (Å²) in [6.45, 7) is 16.7. The van der Waals surface area contributed by atoms with Crippen LogP contribution in [-0.4, -0.2) is 15.4 Å². The summed E-state index contributed by atoms with van der Waals surface area (Å²) in [6, 6.07) is 0. The predicted octanol–water partition coefficient (Wildman–Crippen LogP) is 4.07. The van der Waals surface area contributed by atoms with Gasteiger partial charge in [-0.3, -0.25) is 0 Å². The van der Waals surface area contributed by atoms with Crippen LogP contribution in [0.5, 0.6) is 0 Å². The lowest BCUT2D eigenvalue weighted by atomic mass is 10.2. The fourth-order valence-corrected chi connectivity index (χ4v) is 1.77. The quantitative estimate of drug-likeness (QED) is 0.410. The SMILES string of the molecule is C=C/C(C)=C(/OC)O[Si](C)(C)C(C)(C)C. The number of rotatable bonds is 4. The molecule has 0 bridgehead atoms. The van der Waals surface area contributed by atoms with E-state index in [0.29, 0.717) is 5.95 Å². The minimum absolute atomic E-state index is 0.179. The molecule has 0 saturated carbocycles. The first-order valence-corrected chi connectivity index (χ1v) is 8.13. The molecule has 0 aromatic rings. The van der Waals surface area contributed by atoms with Gasteiger partial charge in [-0.15, -0.1) is 0 Å². The smallest absolute Gasteiger partial charge is 0.268 e. The Morgan fingerprint density at radius 2 is 1.73 bits per heavy atom. The molecule has 0 saturated heterocycles. The minimum Gasteiger partial charge on any atom is -0.519 e. The van der Waals surface area contributed by atoms with Gasteiger partial charge >= 0.3 is 0 Å².